The lowest BCUT2D eigenvalue weighted by molar-refractivity contribution is -0.131. The van der Waals surface area contributed by atoms with E-state index in [1.165, 1.54) is 4.90 Å². The van der Waals surface area contributed by atoms with Gasteiger partial charge in [0.05, 0.1) is 6.54 Å². The van der Waals surface area contributed by atoms with Gasteiger partial charge in [-0.2, -0.15) is 0 Å². The standard InChI is InChI=1S/C18H15BrN2O4/c1-18(12-5-6-14-15(8-12)25-10-24-14)16(22)21(17(23)20-18)9-11-3-2-4-13(19)7-11/h2-8H,9-10H2,1H3,(H,20,23)/t18-/m0/s1. The van der Waals surface area contributed by atoms with Crippen molar-refractivity contribution < 1.29 is 19.1 Å². The SMILES string of the molecule is C[C@@]1(c2ccc3c(c2)OCO3)NC(=O)N(Cc2cccc(Br)c2)C1=O. The minimum Gasteiger partial charge on any atom is -0.454 e. The Morgan fingerprint density at radius 2 is 1.96 bits per heavy atom. The van der Waals surface area contributed by atoms with Crippen LogP contribution in [0, 0.1) is 0 Å². The van der Waals surface area contributed by atoms with Crippen molar-refractivity contribution in [2.24, 2.45) is 0 Å². The maximum absolute atomic E-state index is 13.0. The largest absolute Gasteiger partial charge is 0.454 e. The molecule has 2 aromatic carbocycles. The highest BCUT2D eigenvalue weighted by Crippen LogP contribution is 2.38. The van der Waals surface area contributed by atoms with Crippen LogP contribution in [0.4, 0.5) is 4.79 Å². The van der Waals surface area contributed by atoms with Crippen molar-refractivity contribution in [2.75, 3.05) is 6.79 Å². The fourth-order valence-electron chi connectivity index (χ4n) is 3.06. The van der Waals surface area contributed by atoms with Gasteiger partial charge in [-0.1, -0.05) is 34.1 Å². The Kier molecular flexibility index (Phi) is 3.68. The zero-order valence-corrected chi connectivity index (χ0v) is 15.0. The van der Waals surface area contributed by atoms with Gasteiger partial charge in [0.1, 0.15) is 5.54 Å². The van der Waals surface area contributed by atoms with E-state index < -0.39 is 11.6 Å². The number of amides is 3. The highest BCUT2D eigenvalue weighted by atomic mass is 79.9. The molecule has 0 saturated carbocycles. The molecule has 2 aromatic rings. The van der Waals surface area contributed by atoms with Crippen molar-refractivity contribution in [3.05, 3.63) is 58.1 Å². The van der Waals surface area contributed by atoms with Crippen LogP contribution in [0.15, 0.2) is 46.9 Å². The number of imide groups is 1. The van der Waals surface area contributed by atoms with Crippen LogP contribution in [-0.4, -0.2) is 23.6 Å². The van der Waals surface area contributed by atoms with Crippen molar-refractivity contribution in [2.45, 2.75) is 19.0 Å². The summed E-state index contributed by atoms with van der Waals surface area (Å²) >= 11 is 3.40. The van der Waals surface area contributed by atoms with Crippen molar-refractivity contribution in [3.63, 3.8) is 0 Å². The maximum atomic E-state index is 13.0. The van der Waals surface area contributed by atoms with E-state index in [4.69, 9.17) is 9.47 Å². The Morgan fingerprint density at radius 3 is 2.76 bits per heavy atom. The Balaban J connectivity index is 1.63. The minimum absolute atomic E-state index is 0.158. The number of carbonyl (C=O) groups excluding carboxylic acids is 2. The van der Waals surface area contributed by atoms with Crippen molar-refractivity contribution in [3.8, 4) is 11.5 Å². The lowest BCUT2D eigenvalue weighted by atomic mass is 9.91. The molecule has 1 saturated heterocycles. The second-order valence-electron chi connectivity index (χ2n) is 6.14. The van der Waals surface area contributed by atoms with Crippen LogP contribution < -0.4 is 14.8 Å². The average molecular weight is 403 g/mol. The quantitative estimate of drug-likeness (QED) is 0.800. The molecule has 25 heavy (non-hydrogen) atoms. The first-order valence-corrected chi connectivity index (χ1v) is 8.55. The van der Waals surface area contributed by atoms with E-state index in [1.807, 2.05) is 24.3 Å². The van der Waals surface area contributed by atoms with Crippen LogP contribution in [0.25, 0.3) is 0 Å². The summed E-state index contributed by atoms with van der Waals surface area (Å²) in [5.41, 5.74) is 0.393. The molecule has 0 aromatic heterocycles. The van der Waals surface area contributed by atoms with Crippen LogP contribution in [0.5, 0.6) is 11.5 Å². The number of urea groups is 1. The molecule has 2 aliphatic heterocycles. The van der Waals surface area contributed by atoms with Crippen molar-refractivity contribution >= 4 is 27.9 Å². The van der Waals surface area contributed by atoms with Crippen LogP contribution in [0.3, 0.4) is 0 Å². The van der Waals surface area contributed by atoms with Gasteiger partial charge >= 0.3 is 6.03 Å². The van der Waals surface area contributed by atoms with Gasteiger partial charge in [0, 0.05) is 4.47 Å². The molecule has 128 valence electrons. The molecule has 0 spiro atoms. The number of benzene rings is 2. The summed E-state index contributed by atoms with van der Waals surface area (Å²) in [6.07, 6.45) is 0. The molecule has 6 nitrogen and oxygen atoms in total. The van der Waals surface area contributed by atoms with E-state index in [-0.39, 0.29) is 19.2 Å². The summed E-state index contributed by atoms with van der Waals surface area (Å²) in [6.45, 7) is 2.07. The molecule has 0 aliphatic carbocycles. The third kappa shape index (κ3) is 2.64. The number of rotatable bonds is 3. The van der Waals surface area contributed by atoms with Gasteiger partial charge in [-0.15, -0.1) is 0 Å². The Hall–Kier alpha value is -2.54. The molecular formula is C18H15BrN2O4. The molecule has 0 unspecified atom stereocenters. The molecule has 1 fully saturated rings. The lowest BCUT2D eigenvalue weighted by Gasteiger charge is -2.22. The third-order valence-electron chi connectivity index (χ3n) is 4.45. The zero-order chi connectivity index (χ0) is 17.6. The van der Waals surface area contributed by atoms with Crippen LogP contribution in [0.1, 0.15) is 18.1 Å². The molecule has 0 radical (unpaired) electrons. The Bertz CT molecular complexity index is 885. The number of fused-ring (bicyclic) bond motifs is 1. The Labute approximate surface area is 152 Å². The van der Waals surface area contributed by atoms with Gasteiger partial charge in [-0.05, 0) is 42.3 Å². The summed E-state index contributed by atoms with van der Waals surface area (Å²) in [4.78, 5) is 26.6. The van der Waals surface area contributed by atoms with Gasteiger partial charge in [-0.25, -0.2) is 4.79 Å². The van der Waals surface area contributed by atoms with E-state index >= 15 is 0 Å². The second kappa shape index (κ2) is 5.77. The molecule has 0 bridgehead atoms. The first kappa shape index (κ1) is 16.0. The molecule has 7 heteroatoms. The summed E-state index contributed by atoms with van der Waals surface area (Å²) in [5, 5.41) is 2.80. The maximum Gasteiger partial charge on any atom is 0.325 e. The van der Waals surface area contributed by atoms with Crippen LogP contribution >= 0.6 is 15.9 Å². The molecular weight excluding hydrogens is 388 g/mol. The number of halogens is 1. The number of ether oxygens (including phenoxy) is 2. The smallest absolute Gasteiger partial charge is 0.325 e. The summed E-state index contributed by atoms with van der Waals surface area (Å²) in [6, 6.07) is 12.4. The normalized spacial score (nSPS) is 21.6. The molecule has 1 atom stereocenters. The van der Waals surface area contributed by atoms with Crippen LogP contribution in [0.2, 0.25) is 0 Å². The first-order valence-electron chi connectivity index (χ1n) is 7.76. The number of nitrogens with zero attached hydrogens (tertiary/aromatic N) is 1. The topological polar surface area (TPSA) is 67.9 Å². The zero-order valence-electron chi connectivity index (χ0n) is 13.4. The number of carbonyl (C=O) groups is 2. The molecule has 2 heterocycles. The molecule has 1 N–H and O–H groups in total. The highest BCUT2D eigenvalue weighted by Gasteiger charge is 2.49. The van der Waals surface area contributed by atoms with Crippen molar-refractivity contribution in [1.29, 1.82) is 0 Å². The fourth-order valence-corrected chi connectivity index (χ4v) is 3.51. The molecule has 2 aliphatic rings. The van der Waals surface area contributed by atoms with Crippen LogP contribution in [-0.2, 0) is 16.9 Å². The van der Waals surface area contributed by atoms with Gasteiger partial charge in [-0.3, -0.25) is 9.69 Å². The van der Waals surface area contributed by atoms with Gasteiger partial charge in [0.15, 0.2) is 11.5 Å². The third-order valence-corrected chi connectivity index (χ3v) is 4.95. The summed E-state index contributed by atoms with van der Waals surface area (Å²) in [7, 11) is 0. The van der Waals surface area contributed by atoms with E-state index in [0.29, 0.717) is 17.1 Å². The molecule has 4 rings (SSSR count). The predicted molar refractivity (Wildman–Crippen MR) is 93.1 cm³/mol. The van der Waals surface area contributed by atoms with E-state index in [1.54, 1.807) is 25.1 Å². The second-order valence-corrected chi connectivity index (χ2v) is 7.06. The number of hydrogen-bond donors (Lipinski definition) is 1. The first-order chi connectivity index (χ1) is 12.0. The Morgan fingerprint density at radius 1 is 1.16 bits per heavy atom. The minimum atomic E-state index is -1.13. The van der Waals surface area contributed by atoms with E-state index in [9.17, 15) is 9.59 Å². The van der Waals surface area contributed by atoms with Gasteiger partial charge < -0.3 is 14.8 Å². The summed E-state index contributed by atoms with van der Waals surface area (Å²) < 4.78 is 11.6. The summed E-state index contributed by atoms with van der Waals surface area (Å²) in [5.74, 6) is 0.915. The molecule has 3 amide bonds. The van der Waals surface area contributed by atoms with Crippen molar-refractivity contribution in [1.82, 2.24) is 10.2 Å². The number of hydrogen-bond acceptors (Lipinski definition) is 4. The van der Waals surface area contributed by atoms with E-state index in [2.05, 4.69) is 21.2 Å². The monoisotopic (exact) mass is 402 g/mol. The number of nitrogens with one attached hydrogen (secondary N) is 1. The fraction of sp³-hybridized carbons (Fsp3) is 0.222. The average Bonchev–Trinajstić information content (AvgIpc) is 3.13. The lowest BCUT2D eigenvalue weighted by Crippen LogP contribution is -2.40. The van der Waals surface area contributed by atoms with E-state index in [0.717, 1.165) is 10.0 Å². The highest BCUT2D eigenvalue weighted by molar-refractivity contribution is 9.10. The predicted octanol–water partition coefficient (Wildman–Crippen LogP) is 3.15. The van der Waals surface area contributed by atoms with Gasteiger partial charge in [0.2, 0.25) is 6.79 Å². The van der Waals surface area contributed by atoms with Gasteiger partial charge in [0.25, 0.3) is 5.91 Å².